The summed E-state index contributed by atoms with van der Waals surface area (Å²) in [4.78, 5) is 54.6. The largest absolute Gasteiger partial charge is 0.496 e. The number of carbonyl (C=O) groups excluding carboxylic acids is 3. The van der Waals surface area contributed by atoms with Gasteiger partial charge in [0.05, 0.1) is 27.4 Å². The van der Waals surface area contributed by atoms with E-state index in [1.54, 1.807) is 18.9 Å². The Morgan fingerprint density at radius 2 is 1.79 bits per heavy atom. The summed E-state index contributed by atoms with van der Waals surface area (Å²) in [5.74, 6) is -0.990. The fourth-order valence-electron chi connectivity index (χ4n) is 13.1. The molecule has 6 heterocycles. The van der Waals surface area contributed by atoms with E-state index in [9.17, 15) is 19.8 Å². The van der Waals surface area contributed by atoms with Crippen LogP contribution in [0.5, 0.6) is 5.75 Å². The molecule has 1 aromatic heterocycles. The van der Waals surface area contributed by atoms with E-state index < -0.39 is 52.4 Å². The molecule has 6 aliphatic rings. The highest BCUT2D eigenvalue weighted by atomic mass is 32.2. The van der Waals surface area contributed by atoms with Crippen molar-refractivity contribution in [3.05, 3.63) is 76.0 Å². The van der Waals surface area contributed by atoms with Crippen LogP contribution in [0, 0.1) is 11.8 Å². The van der Waals surface area contributed by atoms with Crippen molar-refractivity contribution in [2.45, 2.75) is 105 Å². The molecule has 1 spiro atoms. The van der Waals surface area contributed by atoms with Crippen LogP contribution in [0.1, 0.15) is 81.7 Å². The van der Waals surface area contributed by atoms with Gasteiger partial charge in [-0.05, 0) is 92.1 Å². The summed E-state index contributed by atoms with van der Waals surface area (Å²) in [5, 5.41) is 23.8. The van der Waals surface area contributed by atoms with Gasteiger partial charge in [-0.15, -0.1) is 11.8 Å². The first-order valence-corrected chi connectivity index (χ1v) is 23.6. The van der Waals surface area contributed by atoms with Crippen LogP contribution in [0.2, 0.25) is 0 Å². The number of ether oxygens (including phenoxy) is 4. The van der Waals surface area contributed by atoms with Gasteiger partial charge in [-0.25, -0.2) is 4.79 Å². The SMILES string of the molecule is CCC1=C[C@H]2CN(C1)Cc1c([nH]c3ccc(SCCCCO)cc13)[C@@](C(=O)OC)(c1cc3c(cc1OC)N(C)[C@H]1[C@@](O)(C(=O)OC)[C@H](OC(C)=O)C4C(CC)=CCN5CC[C@]31[C@H]45)C2. The van der Waals surface area contributed by atoms with Crippen LogP contribution in [0.25, 0.3) is 10.9 Å². The van der Waals surface area contributed by atoms with Gasteiger partial charge in [0.2, 0.25) is 5.60 Å². The lowest BCUT2D eigenvalue weighted by molar-refractivity contribution is -0.212. The Morgan fingerprint density at radius 3 is 2.49 bits per heavy atom. The number of thioether (sulfide) groups is 1. The molecule has 338 valence electrons. The van der Waals surface area contributed by atoms with E-state index in [-0.39, 0.29) is 18.6 Å². The molecule has 2 aromatic carbocycles. The summed E-state index contributed by atoms with van der Waals surface area (Å²) in [6, 6.07) is 9.42. The normalized spacial score (nSPS) is 31.7. The number of nitrogens with zero attached hydrogens (tertiary/aromatic N) is 3. The molecule has 0 amide bonds. The Hall–Kier alpha value is -4.34. The molecular weight excluding hydrogens is 821 g/mol. The average Bonchev–Trinajstić information content (AvgIpc) is 3.93. The number of methoxy groups -OCH3 is 3. The number of benzene rings is 2. The average molecular weight is 883 g/mol. The molecular formula is C49H62N4O9S. The summed E-state index contributed by atoms with van der Waals surface area (Å²) >= 11 is 1.77. The second-order valence-corrected chi connectivity index (χ2v) is 19.7. The molecule has 2 unspecified atom stereocenters. The molecule has 1 aliphatic carbocycles. The Morgan fingerprint density at radius 1 is 1.00 bits per heavy atom. The number of nitrogens with one attached hydrogen (secondary N) is 1. The maximum Gasteiger partial charge on any atom is 0.344 e. The molecule has 3 N–H and O–H groups in total. The van der Waals surface area contributed by atoms with E-state index in [0.29, 0.717) is 50.2 Å². The number of esters is 3. The predicted octanol–water partition coefficient (Wildman–Crippen LogP) is 5.62. The maximum absolute atomic E-state index is 15.4. The fourth-order valence-corrected chi connectivity index (χ4v) is 14.0. The van der Waals surface area contributed by atoms with E-state index in [0.717, 1.165) is 82.0 Å². The van der Waals surface area contributed by atoms with E-state index in [1.807, 2.05) is 18.0 Å². The maximum atomic E-state index is 15.4. The van der Waals surface area contributed by atoms with Crippen molar-refractivity contribution < 1.29 is 43.5 Å². The second kappa shape index (κ2) is 16.6. The van der Waals surface area contributed by atoms with E-state index in [2.05, 4.69) is 65.0 Å². The molecule has 13 nitrogen and oxygen atoms in total. The zero-order valence-corrected chi connectivity index (χ0v) is 38.4. The topological polar surface area (TPSA) is 154 Å². The Kier molecular flexibility index (Phi) is 11.6. The third-order valence-electron chi connectivity index (χ3n) is 15.5. The monoisotopic (exact) mass is 882 g/mol. The number of aliphatic hydroxyl groups excluding tert-OH is 1. The molecule has 0 radical (unpaired) electrons. The summed E-state index contributed by atoms with van der Waals surface area (Å²) < 4.78 is 24.0. The quantitative estimate of drug-likeness (QED) is 0.0679. The Balaban J connectivity index is 1.32. The lowest BCUT2D eigenvalue weighted by Gasteiger charge is -2.59. The summed E-state index contributed by atoms with van der Waals surface area (Å²) in [7, 11) is 6.23. The minimum absolute atomic E-state index is 0.00193. The number of aromatic amines is 1. The summed E-state index contributed by atoms with van der Waals surface area (Å²) in [6.07, 6.45) is 7.51. The number of fused-ring (bicyclic) bond motifs is 6. The minimum Gasteiger partial charge on any atom is -0.496 e. The number of hydrogen-bond acceptors (Lipinski definition) is 13. The Labute approximate surface area is 374 Å². The van der Waals surface area contributed by atoms with Gasteiger partial charge in [-0.3, -0.25) is 19.4 Å². The molecule has 2 bridgehead atoms. The van der Waals surface area contributed by atoms with Crippen LogP contribution in [0.4, 0.5) is 5.69 Å². The first kappa shape index (κ1) is 43.9. The smallest absolute Gasteiger partial charge is 0.344 e. The van der Waals surface area contributed by atoms with Gasteiger partial charge in [-0.1, -0.05) is 37.1 Å². The molecule has 9 atom stereocenters. The molecule has 9 rings (SSSR count). The van der Waals surface area contributed by atoms with Crippen molar-refractivity contribution in [3.63, 3.8) is 0 Å². The minimum atomic E-state index is -2.27. The van der Waals surface area contributed by atoms with Crippen molar-refractivity contribution >= 4 is 46.3 Å². The van der Waals surface area contributed by atoms with E-state index >= 15 is 4.79 Å². The van der Waals surface area contributed by atoms with Crippen LogP contribution in [-0.4, -0.2) is 134 Å². The predicted molar refractivity (Wildman–Crippen MR) is 241 cm³/mol. The number of aliphatic hydroxyl groups is 2. The zero-order chi connectivity index (χ0) is 44.6. The number of H-pyrrole nitrogens is 1. The first-order chi connectivity index (χ1) is 30.3. The summed E-state index contributed by atoms with van der Waals surface area (Å²) in [5.41, 5.74) is 2.92. The van der Waals surface area contributed by atoms with Crippen LogP contribution in [0.3, 0.4) is 0 Å². The highest BCUT2D eigenvalue weighted by molar-refractivity contribution is 7.99. The molecule has 5 aliphatic heterocycles. The van der Waals surface area contributed by atoms with Crippen LogP contribution >= 0.6 is 11.8 Å². The number of aromatic nitrogens is 1. The van der Waals surface area contributed by atoms with Gasteiger partial charge >= 0.3 is 17.9 Å². The number of anilines is 1. The van der Waals surface area contributed by atoms with Crippen molar-refractivity contribution in [1.82, 2.24) is 14.8 Å². The van der Waals surface area contributed by atoms with Crippen molar-refractivity contribution in [3.8, 4) is 5.75 Å². The zero-order valence-electron chi connectivity index (χ0n) is 37.6. The highest BCUT2D eigenvalue weighted by Gasteiger charge is 2.77. The molecule has 1 saturated carbocycles. The number of carbonyl (C=O) groups is 3. The van der Waals surface area contributed by atoms with Crippen molar-refractivity contribution in [2.24, 2.45) is 11.8 Å². The number of rotatable bonds is 12. The van der Waals surface area contributed by atoms with Crippen molar-refractivity contribution in [1.29, 1.82) is 0 Å². The third-order valence-corrected chi connectivity index (χ3v) is 16.5. The van der Waals surface area contributed by atoms with Gasteiger partial charge < -0.3 is 39.0 Å². The molecule has 14 heteroatoms. The standard InChI is InChI=1S/C49H62N4O9S/c1-8-29-20-30-24-48(45(56)60-6,41-34(27-52(25-29)26-30)33-21-32(12-13-37(33)50-41)63-19-11-10-18-54)36-22-35-38(23-39(36)59-5)51(4)44-47(35)15-17-53-16-14-31(9-2)40(42(47)53)43(62-28(3)55)49(44,58)46(57)61-7/h12-14,20-23,30,40,42-44,50,54,58H,8-11,15-19,24-27H2,1-7H3/t30-,40?,42+,43-,44-,47-,48+,49-/m1/s1. The highest BCUT2D eigenvalue weighted by Crippen LogP contribution is 2.65. The van der Waals surface area contributed by atoms with Crippen LogP contribution in [-0.2, 0) is 46.0 Å². The molecule has 1 saturated heterocycles. The van der Waals surface area contributed by atoms with E-state index in [4.69, 9.17) is 18.9 Å². The lowest BCUT2D eigenvalue weighted by Crippen LogP contribution is -2.78. The molecule has 2 fully saturated rings. The van der Waals surface area contributed by atoms with Crippen LogP contribution < -0.4 is 9.64 Å². The lowest BCUT2D eigenvalue weighted by atomic mass is 9.52. The van der Waals surface area contributed by atoms with Gasteiger partial charge in [0, 0.05) is 103 Å². The first-order valence-electron chi connectivity index (χ1n) is 22.6. The molecule has 63 heavy (non-hydrogen) atoms. The van der Waals surface area contributed by atoms with Crippen molar-refractivity contribution in [2.75, 3.05) is 71.8 Å². The van der Waals surface area contributed by atoms with E-state index in [1.165, 1.54) is 26.7 Å². The van der Waals surface area contributed by atoms with Gasteiger partial charge in [0.15, 0.2) is 6.10 Å². The Bertz CT molecular complexity index is 2400. The number of unbranched alkanes of at least 4 members (excludes halogenated alkanes) is 1. The number of likely N-dealkylation sites (N-methyl/N-ethyl adjacent to an activating group) is 1. The van der Waals surface area contributed by atoms with Gasteiger partial charge in [0.25, 0.3) is 0 Å². The van der Waals surface area contributed by atoms with Gasteiger partial charge in [0.1, 0.15) is 11.2 Å². The number of hydrogen-bond donors (Lipinski definition) is 3. The summed E-state index contributed by atoms with van der Waals surface area (Å²) in [6.45, 7) is 9.34. The van der Waals surface area contributed by atoms with Crippen LogP contribution in [0.15, 0.2) is 58.5 Å². The fraction of sp³-hybridized carbons (Fsp3) is 0.571. The second-order valence-electron chi connectivity index (χ2n) is 18.5. The molecule has 3 aromatic rings. The third kappa shape index (κ3) is 6.43. The van der Waals surface area contributed by atoms with Gasteiger partial charge in [-0.2, -0.15) is 0 Å².